The summed E-state index contributed by atoms with van der Waals surface area (Å²) >= 11 is 0. The third-order valence-corrected chi connectivity index (χ3v) is 2.28. The monoisotopic (exact) mass is 193 g/mol. The molecule has 0 aromatic carbocycles. The van der Waals surface area contributed by atoms with E-state index in [1.807, 2.05) is 0 Å². The van der Waals surface area contributed by atoms with Gasteiger partial charge in [0, 0.05) is 6.20 Å². The lowest BCUT2D eigenvalue weighted by Gasteiger charge is -2.06. The number of nitrogens with zero attached hydrogens (tertiary/aromatic N) is 2. The lowest BCUT2D eigenvalue weighted by atomic mass is 10.2. The second kappa shape index (κ2) is 3.02. The molecule has 0 saturated heterocycles. The van der Waals surface area contributed by atoms with Crippen LogP contribution in [0.25, 0.3) is 0 Å². The van der Waals surface area contributed by atoms with Gasteiger partial charge in [-0.25, -0.2) is 14.8 Å². The Morgan fingerprint density at radius 2 is 2.36 bits per heavy atom. The number of hydrogen-bond acceptors (Lipinski definition) is 5. The molecular formula is C9H11N3O2. The molecule has 0 radical (unpaired) electrons. The maximum atomic E-state index is 11.2. The highest BCUT2D eigenvalue weighted by Gasteiger charge is 2.43. The summed E-state index contributed by atoms with van der Waals surface area (Å²) in [5.41, 5.74) is 5.75. The van der Waals surface area contributed by atoms with E-state index < -0.39 is 11.5 Å². The molecule has 0 unspecified atom stereocenters. The summed E-state index contributed by atoms with van der Waals surface area (Å²) in [5, 5.41) is 0. The van der Waals surface area contributed by atoms with Crippen molar-refractivity contribution in [2.45, 2.75) is 18.4 Å². The molecule has 0 bridgehead atoms. The molecule has 2 N–H and O–H groups in total. The summed E-state index contributed by atoms with van der Waals surface area (Å²) in [5.74, 6) is 0.0679. The third-order valence-electron chi connectivity index (χ3n) is 2.28. The number of ether oxygens (including phenoxy) is 1. The lowest BCUT2D eigenvalue weighted by molar-refractivity contribution is 0.0593. The minimum Gasteiger partial charge on any atom is -0.464 e. The Balaban J connectivity index is 2.32. The topological polar surface area (TPSA) is 78.1 Å². The molecule has 1 saturated carbocycles. The van der Waals surface area contributed by atoms with Gasteiger partial charge in [-0.1, -0.05) is 0 Å². The second-order valence-electron chi connectivity index (χ2n) is 3.41. The SMILES string of the molecule is COC(=O)c1ccnc(C2(N)CC2)n1. The zero-order valence-electron chi connectivity index (χ0n) is 7.86. The van der Waals surface area contributed by atoms with E-state index in [0.717, 1.165) is 12.8 Å². The van der Waals surface area contributed by atoms with Gasteiger partial charge >= 0.3 is 5.97 Å². The van der Waals surface area contributed by atoms with Crippen LogP contribution >= 0.6 is 0 Å². The molecule has 74 valence electrons. The standard InChI is InChI=1S/C9H11N3O2/c1-14-7(13)6-2-5-11-8(12-6)9(10)3-4-9/h2,5H,3-4,10H2,1H3. The number of methoxy groups -OCH3 is 1. The van der Waals surface area contributed by atoms with Gasteiger partial charge in [-0.3, -0.25) is 0 Å². The van der Waals surface area contributed by atoms with Gasteiger partial charge in [-0.2, -0.15) is 0 Å². The molecule has 1 aliphatic carbocycles. The van der Waals surface area contributed by atoms with Crippen molar-refractivity contribution in [1.29, 1.82) is 0 Å². The maximum Gasteiger partial charge on any atom is 0.356 e. The average molecular weight is 193 g/mol. The van der Waals surface area contributed by atoms with Crippen LogP contribution in [0.5, 0.6) is 0 Å². The molecule has 1 aliphatic rings. The van der Waals surface area contributed by atoms with Gasteiger partial charge in [0.2, 0.25) is 0 Å². The smallest absolute Gasteiger partial charge is 0.356 e. The quantitative estimate of drug-likeness (QED) is 0.679. The van der Waals surface area contributed by atoms with E-state index in [1.54, 1.807) is 0 Å². The molecule has 2 rings (SSSR count). The van der Waals surface area contributed by atoms with E-state index in [2.05, 4.69) is 14.7 Å². The van der Waals surface area contributed by atoms with E-state index in [1.165, 1.54) is 19.4 Å². The fraction of sp³-hybridized carbons (Fsp3) is 0.444. The molecule has 0 aliphatic heterocycles. The first-order chi connectivity index (χ1) is 6.65. The fourth-order valence-corrected chi connectivity index (χ4v) is 1.18. The summed E-state index contributed by atoms with van der Waals surface area (Å²) in [6.07, 6.45) is 3.27. The van der Waals surface area contributed by atoms with Crippen LogP contribution < -0.4 is 5.73 Å². The Morgan fingerprint density at radius 3 is 2.93 bits per heavy atom. The van der Waals surface area contributed by atoms with Crippen molar-refractivity contribution in [1.82, 2.24) is 9.97 Å². The van der Waals surface area contributed by atoms with Crippen molar-refractivity contribution in [2.75, 3.05) is 7.11 Å². The van der Waals surface area contributed by atoms with Gasteiger partial charge in [-0.05, 0) is 18.9 Å². The Bertz CT molecular complexity index is 374. The van der Waals surface area contributed by atoms with Crippen molar-refractivity contribution in [2.24, 2.45) is 5.73 Å². The number of aromatic nitrogens is 2. The number of esters is 1. The van der Waals surface area contributed by atoms with Crippen LogP contribution in [0, 0.1) is 0 Å². The Hall–Kier alpha value is -1.49. The van der Waals surface area contributed by atoms with Crippen molar-refractivity contribution in [3.8, 4) is 0 Å². The molecule has 1 heterocycles. The highest BCUT2D eigenvalue weighted by molar-refractivity contribution is 5.86. The molecule has 5 nitrogen and oxygen atoms in total. The van der Waals surface area contributed by atoms with E-state index in [9.17, 15) is 4.79 Å². The molecule has 0 atom stereocenters. The average Bonchev–Trinajstić information content (AvgIpc) is 2.97. The largest absolute Gasteiger partial charge is 0.464 e. The summed E-state index contributed by atoms with van der Waals surface area (Å²) < 4.78 is 4.55. The maximum absolute atomic E-state index is 11.2. The number of carbonyl (C=O) groups excluding carboxylic acids is 1. The Morgan fingerprint density at radius 1 is 1.64 bits per heavy atom. The minimum atomic E-state index is -0.460. The van der Waals surface area contributed by atoms with Crippen LogP contribution in [0.4, 0.5) is 0 Å². The van der Waals surface area contributed by atoms with Crippen LogP contribution in [0.3, 0.4) is 0 Å². The molecule has 1 aromatic rings. The normalized spacial score (nSPS) is 17.6. The van der Waals surface area contributed by atoms with E-state index in [-0.39, 0.29) is 5.69 Å². The fourth-order valence-electron chi connectivity index (χ4n) is 1.18. The summed E-state index contributed by atoms with van der Waals surface area (Å²) in [6.45, 7) is 0. The summed E-state index contributed by atoms with van der Waals surface area (Å²) in [6, 6.07) is 1.51. The molecule has 5 heteroatoms. The van der Waals surface area contributed by atoms with Gasteiger partial charge in [0.15, 0.2) is 5.69 Å². The van der Waals surface area contributed by atoms with Crippen LogP contribution in [-0.4, -0.2) is 23.0 Å². The van der Waals surface area contributed by atoms with Crippen molar-refractivity contribution < 1.29 is 9.53 Å². The van der Waals surface area contributed by atoms with E-state index >= 15 is 0 Å². The van der Waals surface area contributed by atoms with Crippen LogP contribution in [0.15, 0.2) is 12.3 Å². The number of rotatable bonds is 2. The molecule has 14 heavy (non-hydrogen) atoms. The molecule has 0 spiro atoms. The molecule has 0 amide bonds. The zero-order valence-corrected chi connectivity index (χ0v) is 7.86. The summed E-state index contributed by atoms with van der Waals surface area (Å²) in [7, 11) is 1.32. The Labute approximate surface area is 81.3 Å². The van der Waals surface area contributed by atoms with Gasteiger partial charge in [0.25, 0.3) is 0 Å². The number of carbonyl (C=O) groups is 1. The molecular weight excluding hydrogens is 182 g/mol. The first-order valence-electron chi connectivity index (χ1n) is 4.36. The van der Waals surface area contributed by atoms with Crippen molar-refractivity contribution >= 4 is 5.97 Å². The molecule has 1 fully saturated rings. The van der Waals surface area contributed by atoms with Crippen LogP contribution in [0.2, 0.25) is 0 Å². The minimum absolute atomic E-state index is 0.259. The van der Waals surface area contributed by atoms with Gasteiger partial charge < -0.3 is 10.5 Å². The van der Waals surface area contributed by atoms with Crippen molar-refractivity contribution in [3.05, 3.63) is 23.8 Å². The lowest BCUT2D eigenvalue weighted by Crippen LogP contribution is -2.23. The predicted molar refractivity (Wildman–Crippen MR) is 48.5 cm³/mol. The predicted octanol–water partition coefficient (Wildman–Crippen LogP) is 0.211. The zero-order chi connectivity index (χ0) is 10.2. The van der Waals surface area contributed by atoms with Crippen LogP contribution in [-0.2, 0) is 10.3 Å². The molecule has 1 aromatic heterocycles. The van der Waals surface area contributed by atoms with Gasteiger partial charge in [0.05, 0.1) is 12.6 Å². The third kappa shape index (κ3) is 1.46. The Kier molecular flexibility index (Phi) is 1.96. The van der Waals surface area contributed by atoms with Gasteiger partial charge in [-0.15, -0.1) is 0 Å². The van der Waals surface area contributed by atoms with E-state index in [0.29, 0.717) is 5.82 Å². The highest BCUT2D eigenvalue weighted by atomic mass is 16.5. The first-order valence-corrected chi connectivity index (χ1v) is 4.36. The number of nitrogens with two attached hydrogens (primary N) is 1. The van der Waals surface area contributed by atoms with Crippen molar-refractivity contribution in [3.63, 3.8) is 0 Å². The van der Waals surface area contributed by atoms with Crippen LogP contribution in [0.1, 0.15) is 29.2 Å². The highest BCUT2D eigenvalue weighted by Crippen LogP contribution is 2.40. The first kappa shape index (κ1) is 9.08. The number of hydrogen-bond donors (Lipinski definition) is 1. The summed E-state index contributed by atoms with van der Waals surface area (Å²) in [4.78, 5) is 19.3. The second-order valence-corrected chi connectivity index (χ2v) is 3.41. The van der Waals surface area contributed by atoms with Gasteiger partial charge in [0.1, 0.15) is 5.82 Å². The van der Waals surface area contributed by atoms with E-state index in [4.69, 9.17) is 5.73 Å².